The van der Waals surface area contributed by atoms with Gasteiger partial charge in [0.05, 0.1) is 10.7 Å². The maximum absolute atomic E-state index is 13.5. The summed E-state index contributed by atoms with van der Waals surface area (Å²) in [6.07, 6.45) is 0. The number of para-hydroxylation sites is 1. The van der Waals surface area contributed by atoms with Crippen LogP contribution in [0.15, 0.2) is 113 Å². The molecule has 0 bridgehead atoms. The van der Waals surface area contributed by atoms with Crippen LogP contribution in [0.2, 0.25) is 10.0 Å². The summed E-state index contributed by atoms with van der Waals surface area (Å²) in [5.41, 5.74) is 4.07. The number of benzene rings is 4. The first kappa shape index (κ1) is 28.1. The van der Waals surface area contributed by atoms with Crippen LogP contribution >= 0.6 is 58.5 Å². The molecule has 1 amide bonds. The van der Waals surface area contributed by atoms with Crippen molar-refractivity contribution in [3.05, 3.63) is 124 Å². The second-order valence-electron chi connectivity index (χ2n) is 8.53. The molecule has 0 radical (unpaired) electrons. The number of hydrogen-bond donors (Lipinski definition) is 3. The number of nitrogens with one attached hydrogen (secondary N) is 3. The van der Waals surface area contributed by atoms with E-state index in [0.29, 0.717) is 26.0 Å². The van der Waals surface area contributed by atoms with Crippen molar-refractivity contribution in [3.63, 3.8) is 0 Å². The number of anilines is 3. The number of halogens is 2. The first-order valence-electron chi connectivity index (χ1n) is 12.1. The van der Waals surface area contributed by atoms with Gasteiger partial charge in [0.1, 0.15) is 5.25 Å². The Bertz CT molecular complexity index is 1610. The molecule has 40 heavy (non-hydrogen) atoms. The molecule has 3 N–H and O–H groups in total. The largest absolute Gasteiger partial charge is 0.332 e. The van der Waals surface area contributed by atoms with Gasteiger partial charge in [-0.05, 0) is 72.4 Å². The lowest BCUT2D eigenvalue weighted by molar-refractivity contribution is -0.115. The van der Waals surface area contributed by atoms with Crippen LogP contribution in [0.4, 0.5) is 16.5 Å². The highest BCUT2D eigenvalue weighted by molar-refractivity contribution is 8.00. The third kappa shape index (κ3) is 7.41. The summed E-state index contributed by atoms with van der Waals surface area (Å²) < 4.78 is 0. The monoisotopic (exact) mass is 620 g/mol. The molecule has 1 atom stereocenters. The van der Waals surface area contributed by atoms with Crippen LogP contribution in [0.5, 0.6) is 0 Å². The van der Waals surface area contributed by atoms with E-state index in [1.807, 2.05) is 96.4 Å². The average molecular weight is 622 g/mol. The molecule has 1 aromatic heterocycles. The lowest BCUT2D eigenvalue weighted by Gasteiger charge is -2.17. The van der Waals surface area contributed by atoms with Crippen LogP contribution in [0, 0.1) is 0 Å². The zero-order valence-corrected chi connectivity index (χ0v) is 24.8. The van der Waals surface area contributed by atoms with Crippen LogP contribution in [0.3, 0.4) is 0 Å². The van der Waals surface area contributed by atoms with E-state index in [0.717, 1.165) is 27.4 Å². The molecule has 1 unspecified atom stereocenters. The number of amides is 1. The lowest BCUT2D eigenvalue weighted by Crippen LogP contribution is -2.19. The third-order valence-electron chi connectivity index (χ3n) is 5.68. The SMILES string of the molecule is O=C(Nc1nc(-c2ccc(Cl)cc2Cl)cs1)C(Sc1ccc(NC(=S)Nc2ccccc2)cc1)c1ccccc1. The van der Waals surface area contributed by atoms with Crippen LogP contribution in [-0.2, 0) is 4.79 Å². The lowest BCUT2D eigenvalue weighted by atomic mass is 10.1. The molecule has 200 valence electrons. The fourth-order valence-corrected chi connectivity index (χ4v) is 6.27. The number of carbonyl (C=O) groups is 1. The molecule has 0 aliphatic carbocycles. The van der Waals surface area contributed by atoms with Gasteiger partial charge in [-0.1, -0.05) is 71.7 Å². The van der Waals surface area contributed by atoms with E-state index in [4.69, 9.17) is 35.4 Å². The number of thioether (sulfide) groups is 1. The molecule has 1 heterocycles. The van der Waals surface area contributed by atoms with Crippen LogP contribution in [0.1, 0.15) is 10.8 Å². The van der Waals surface area contributed by atoms with Gasteiger partial charge in [-0.15, -0.1) is 23.1 Å². The van der Waals surface area contributed by atoms with Crippen molar-refractivity contribution < 1.29 is 4.79 Å². The summed E-state index contributed by atoms with van der Waals surface area (Å²) in [6, 6.07) is 32.4. The van der Waals surface area contributed by atoms with E-state index in [1.54, 1.807) is 12.1 Å². The Balaban J connectivity index is 1.27. The highest BCUT2D eigenvalue weighted by Gasteiger charge is 2.23. The number of rotatable bonds is 8. The Kier molecular flexibility index (Phi) is 9.36. The molecule has 0 aliphatic rings. The van der Waals surface area contributed by atoms with E-state index in [9.17, 15) is 4.79 Å². The van der Waals surface area contributed by atoms with Gasteiger partial charge >= 0.3 is 0 Å². The highest BCUT2D eigenvalue weighted by atomic mass is 35.5. The maximum Gasteiger partial charge on any atom is 0.244 e. The van der Waals surface area contributed by atoms with Crippen molar-refractivity contribution in [2.45, 2.75) is 10.1 Å². The van der Waals surface area contributed by atoms with Crippen molar-refractivity contribution in [3.8, 4) is 11.3 Å². The van der Waals surface area contributed by atoms with Gasteiger partial charge in [0.2, 0.25) is 5.91 Å². The molecular formula is C30H22Cl2N4OS3. The van der Waals surface area contributed by atoms with Crippen LogP contribution in [0.25, 0.3) is 11.3 Å². The van der Waals surface area contributed by atoms with Crippen molar-refractivity contribution in [2.24, 2.45) is 0 Å². The molecule has 0 spiro atoms. The van der Waals surface area contributed by atoms with Gasteiger partial charge in [-0.3, -0.25) is 4.79 Å². The number of carbonyl (C=O) groups excluding carboxylic acids is 1. The van der Waals surface area contributed by atoms with Crippen molar-refractivity contribution in [2.75, 3.05) is 16.0 Å². The van der Waals surface area contributed by atoms with E-state index in [2.05, 4.69) is 20.9 Å². The van der Waals surface area contributed by atoms with Gasteiger partial charge in [-0.2, -0.15) is 0 Å². The molecule has 5 aromatic rings. The topological polar surface area (TPSA) is 66.0 Å². The molecule has 0 aliphatic heterocycles. The van der Waals surface area contributed by atoms with E-state index >= 15 is 0 Å². The molecule has 5 rings (SSSR count). The summed E-state index contributed by atoms with van der Waals surface area (Å²) in [6.45, 7) is 0. The molecule has 0 saturated heterocycles. The zero-order chi connectivity index (χ0) is 27.9. The molecule has 10 heteroatoms. The van der Waals surface area contributed by atoms with Gasteiger partial charge in [0.25, 0.3) is 0 Å². The van der Waals surface area contributed by atoms with E-state index in [-0.39, 0.29) is 5.91 Å². The second kappa shape index (κ2) is 13.3. The Morgan fingerprint density at radius 1 is 0.825 bits per heavy atom. The first-order chi connectivity index (χ1) is 19.4. The summed E-state index contributed by atoms with van der Waals surface area (Å²) in [7, 11) is 0. The fourth-order valence-electron chi connectivity index (χ4n) is 3.79. The van der Waals surface area contributed by atoms with E-state index < -0.39 is 5.25 Å². The number of nitrogens with zero attached hydrogens (tertiary/aromatic N) is 1. The van der Waals surface area contributed by atoms with Gasteiger partial charge in [-0.25, -0.2) is 4.98 Å². The highest BCUT2D eigenvalue weighted by Crippen LogP contribution is 2.38. The Hall–Kier alpha value is -3.40. The molecule has 4 aromatic carbocycles. The van der Waals surface area contributed by atoms with Crippen molar-refractivity contribution in [1.82, 2.24) is 4.98 Å². The molecular weight excluding hydrogens is 599 g/mol. The summed E-state index contributed by atoms with van der Waals surface area (Å²) >= 11 is 20.6. The summed E-state index contributed by atoms with van der Waals surface area (Å²) in [4.78, 5) is 19.0. The number of thiazole rings is 1. The number of thiocarbonyl (C=S) groups is 1. The average Bonchev–Trinajstić information content (AvgIpc) is 3.41. The van der Waals surface area contributed by atoms with Crippen LogP contribution in [-0.4, -0.2) is 16.0 Å². The van der Waals surface area contributed by atoms with Gasteiger partial charge < -0.3 is 16.0 Å². The Morgan fingerprint density at radius 2 is 1.48 bits per heavy atom. The van der Waals surface area contributed by atoms with Crippen LogP contribution < -0.4 is 16.0 Å². The quantitative estimate of drug-likeness (QED) is 0.119. The minimum atomic E-state index is -0.493. The minimum Gasteiger partial charge on any atom is -0.332 e. The maximum atomic E-state index is 13.5. The predicted molar refractivity (Wildman–Crippen MR) is 174 cm³/mol. The second-order valence-corrected chi connectivity index (χ2v) is 11.8. The Morgan fingerprint density at radius 3 is 2.15 bits per heavy atom. The number of hydrogen-bond acceptors (Lipinski definition) is 5. The fraction of sp³-hybridized carbons (Fsp3) is 0.0333. The zero-order valence-electron chi connectivity index (χ0n) is 20.8. The van der Waals surface area contributed by atoms with Gasteiger partial charge in [0.15, 0.2) is 10.2 Å². The Labute approximate surface area is 256 Å². The summed E-state index contributed by atoms with van der Waals surface area (Å²) in [5, 5.41) is 12.7. The predicted octanol–water partition coefficient (Wildman–Crippen LogP) is 9.40. The van der Waals surface area contributed by atoms with Crippen molar-refractivity contribution in [1.29, 1.82) is 0 Å². The first-order valence-corrected chi connectivity index (χ1v) is 15.0. The standard InChI is InChI=1S/C30H22Cl2N4OS3/c31-20-11-16-24(25(32)17-20)26-18-39-30(35-26)36-28(37)27(19-7-3-1-4-8-19)40-23-14-12-22(13-15-23)34-29(38)33-21-9-5-2-6-10-21/h1-18,27H,(H2,33,34,38)(H,35,36,37). The minimum absolute atomic E-state index is 0.172. The normalized spacial score (nSPS) is 11.4. The smallest absolute Gasteiger partial charge is 0.244 e. The third-order valence-corrected chi connectivity index (χ3v) is 8.46. The molecule has 0 fully saturated rings. The van der Waals surface area contributed by atoms with Gasteiger partial charge in [0, 0.05) is 32.2 Å². The molecule has 0 saturated carbocycles. The molecule has 5 nitrogen and oxygen atoms in total. The number of aromatic nitrogens is 1. The van der Waals surface area contributed by atoms with E-state index in [1.165, 1.54) is 23.1 Å². The van der Waals surface area contributed by atoms with Crippen molar-refractivity contribution >= 4 is 86.0 Å². The summed E-state index contributed by atoms with van der Waals surface area (Å²) in [5.74, 6) is -0.172.